The summed E-state index contributed by atoms with van der Waals surface area (Å²) in [7, 11) is 0. The van der Waals surface area contributed by atoms with Gasteiger partial charge in [0.15, 0.2) is 5.13 Å². The number of carbonyl (C=O) groups is 1. The molecule has 0 saturated heterocycles. The van der Waals surface area contributed by atoms with E-state index < -0.39 is 0 Å². The molecule has 0 spiro atoms. The number of hydrogen-bond acceptors (Lipinski definition) is 5. The summed E-state index contributed by atoms with van der Waals surface area (Å²) < 4.78 is 0. The molecule has 2 aromatic rings. The minimum Gasteiger partial charge on any atom is -0.348 e. The average Bonchev–Trinajstić information content (AvgIpc) is 3.18. The molecule has 24 heavy (non-hydrogen) atoms. The van der Waals surface area contributed by atoms with Crippen LogP contribution in [-0.2, 0) is 24.3 Å². The number of hydrogen-bond donors (Lipinski definition) is 0. The molecular formula is C18H24N4OS. The molecule has 1 aliphatic rings. The lowest BCUT2D eigenvalue weighted by molar-refractivity contribution is -0.131. The van der Waals surface area contributed by atoms with Crippen molar-refractivity contribution in [2.24, 2.45) is 5.92 Å². The minimum absolute atomic E-state index is 0.122. The van der Waals surface area contributed by atoms with Gasteiger partial charge in [0.25, 0.3) is 0 Å². The average molecular weight is 344 g/mol. The zero-order chi connectivity index (χ0) is 17.1. The minimum atomic E-state index is 0.122. The molecule has 0 saturated carbocycles. The highest BCUT2D eigenvalue weighted by Crippen LogP contribution is 2.24. The molecular weight excluding hydrogens is 320 g/mol. The lowest BCUT2D eigenvalue weighted by Gasteiger charge is -2.21. The number of aromatic nitrogens is 2. The van der Waals surface area contributed by atoms with Crippen molar-refractivity contribution in [3.8, 4) is 0 Å². The molecule has 0 N–H and O–H groups in total. The number of rotatable bonds is 6. The molecule has 0 bridgehead atoms. The Morgan fingerprint density at radius 3 is 2.96 bits per heavy atom. The van der Waals surface area contributed by atoms with E-state index in [1.54, 1.807) is 17.5 Å². The van der Waals surface area contributed by atoms with E-state index in [0.717, 1.165) is 35.2 Å². The number of anilines is 1. The molecule has 6 heteroatoms. The zero-order valence-corrected chi connectivity index (χ0v) is 15.3. The number of fused-ring (bicyclic) bond motifs is 1. The van der Waals surface area contributed by atoms with E-state index >= 15 is 0 Å². The Kier molecular flexibility index (Phi) is 5.14. The molecule has 3 heterocycles. The van der Waals surface area contributed by atoms with Crippen molar-refractivity contribution < 1.29 is 4.79 Å². The Hall–Kier alpha value is -1.95. The van der Waals surface area contributed by atoms with Gasteiger partial charge in [-0.25, -0.2) is 4.98 Å². The monoisotopic (exact) mass is 344 g/mol. The predicted octanol–water partition coefficient (Wildman–Crippen LogP) is 3.11. The molecule has 0 radical (unpaired) electrons. The summed E-state index contributed by atoms with van der Waals surface area (Å²) in [5.41, 5.74) is 3.03. The van der Waals surface area contributed by atoms with Crippen molar-refractivity contribution in [1.29, 1.82) is 0 Å². The zero-order valence-electron chi connectivity index (χ0n) is 14.5. The Labute approximate surface area is 147 Å². The maximum Gasteiger partial charge on any atom is 0.229 e. The normalized spacial score (nSPS) is 13.4. The van der Waals surface area contributed by atoms with Crippen molar-refractivity contribution in [3.05, 3.63) is 40.7 Å². The van der Waals surface area contributed by atoms with Gasteiger partial charge < -0.3 is 9.80 Å². The highest BCUT2D eigenvalue weighted by molar-refractivity contribution is 7.13. The van der Waals surface area contributed by atoms with Crippen molar-refractivity contribution in [3.63, 3.8) is 0 Å². The Bertz CT molecular complexity index is 688. The van der Waals surface area contributed by atoms with Crippen LogP contribution in [0.25, 0.3) is 0 Å². The Morgan fingerprint density at radius 2 is 2.25 bits per heavy atom. The van der Waals surface area contributed by atoms with Crippen LogP contribution in [0.2, 0.25) is 0 Å². The smallest absolute Gasteiger partial charge is 0.229 e. The third kappa shape index (κ3) is 3.75. The van der Waals surface area contributed by atoms with Crippen molar-refractivity contribution in [1.82, 2.24) is 14.9 Å². The van der Waals surface area contributed by atoms with Gasteiger partial charge in [0.05, 0.1) is 24.4 Å². The summed E-state index contributed by atoms with van der Waals surface area (Å²) in [4.78, 5) is 25.7. The second-order valence-corrected chi connectivity index (χ2v) is 7.43. The van der Waals surface area contributed by atoms with Gasteiger partial charge in [-0.05, 0) is 24.5 Å². The van der Waals surface area contributed by atoms with Gasteiger partial charge in [0, 0.05) is 31.2 Å². The number of carbonyl (C=O) groups excluding carboxylic acids is 1. The van der Waals surface area contributed by atoms with Crippen molar-refractivity contribution in [2.45, 2.75) is 40.3 Å². The van der Waals surface area contributed by atoms with E-state index in [1.165, 1.54) is 0 Å². The summed E-state index contributed by atoms with van der Waals surface area (Å²) in [6.45, 7) is 9.76. The molecule has 0 fully saturated rings. The SMILES string of the molecule is CCN(CC(C)C)c1nc(CC(=O)N2Cc3cccnc3C2)cs1. The summed E-state index contributed by atoms with van der Waals surface area (Å²) in [6, 6.07) is 3.97. The highest BCUT2D eigenvalue weighted by Gasteiger charge is 2.24. The largest absolute Gasteiger partial charge is 0.348 e. The lowest BCUT2D eigenvalue weighted by Crippen LogP contribution is -2.28. The first-order chi connectivity index (χ1) is 11.6. The van der Waals surface area contributed by atoms with Gasteiger partial charge in [-0.2, -0.15) is 0 Å². The van der Waals surface area contributed by atoms with E-state index in [4.69, 9.17) is 0 Å². The van der Waals surface area contributed by atoms with Gasteiger partial charge in [-0.3, -0.25) is 9.78 Å². The first kappa shape index (κ1) is 16.9. The molecule has 2 aromatic heterocycles. The number of amides is 1. The van der Waals surface area contributed by atoms with Crippen LogP contribution >= 0.6 is 11.3 Å². The molecule has 5 nitrogen and oxygen atoms in total. The molecule has 0 unspecified atom stereocenters. The Morgan fingerprint density at radius 1 is 1.42 bits per heavy atom. The summed E-state index contributed by atoms with van der Waals surface area (Å²) in [6.07, 6.45) is 2.15. The van der Waals surface area contributed by atoms with Crippen LogP contribution in [0.1, 0.15) is 37.7 Å². The molecule has 3 rings (SSSR count). The van der Waals surface area contributed by atoms with E-state index in [9.17, 15) is 4.79 Å². The molecule has 0 atom stereocenters. The van der Waals surface area contributed by atoms with Crippen LogP contribution in [0.5, 0.6) is 0 Å². The van der Waals surface area contributed by atoms with E-state index in [-0.39, 0.29) is 5.91 Å². The maximum absolute atomic E-state index is 12.6. The van der Waals surface area contributed by atoms with Crippen LogP contribution in [0, 0.1) is 5.92 Å². The maximum atomic E-state index is 12.6. The standard InChI is InChI=1S/C18H24N4OS/c1-4-21(9-13(2)3)18-20-15(12-24-18)8-17(23)22-10-14-6-5-7-19-16(14)11-22/h5-7,12-13H,4,8-11H2,1-3H3. The fourth-order valence-electron chi connectivity index (χ4n) is 2.95. The Balaban J connectivity index is 1.62. The third-order valence-corrected chi connectivity index (χ3v) is 5.10. The predicted molar refractivity (Wildman–Crippen MR) is 97.0 cm³/mol. The van der Waals surface area contributed by atoms with Gasteiger partial charge in [-0.15, -0.1) is 11.3 Å². The van der Waals surface area contributed by atoms with Crippen LogP contribution in [0.4, 0.5) is 5.13 Å². The fraction of sp³-hybridized carbons (Fsp3) is 0.500. The second-order valence-electron chi connectivity index (χ2n) is 6.59. The van der Waals surface area contributed by atoms with Gasteiger partial charge in [0.2, 0.25) is 5.91 Å². The van der Waals surface area contributed by atoms with Crippen LogP contribution in [0.15, 0.2) is 23.7 Å². The topological polar surface area (TPSA) is 49.3 Å². The van der Waals surface area contributed by atoms with E-state index in [1.807, 2.05) is 22.4 Å². The van der Waals surface area contributed by atoms with Gasteiger partial charge >= 0.3 is 0 Å². The van der Waals surface area contributed by atoms with Crippen molar-refractivity contribution >= 4 is 22.4 Å². The quantitative estimate of drug-likeness (QED) is 0.808. The van der Waals surface area contributed by atoms with Gasteiger partial charge in [-0.1, -0.05) is 19.9 Å². The van der Waals surface area contributed by atoms with Crippen molar-refractivity contribution in [2.75, 3.05) is 18.0 Å². The molecule has 0 aliphatic carbocycles. The van der Waals surface area contributed by atoms with Crippen LogP contribution in [-0.4, -0.2) is 33.9 Å². The molecule has 0 aromatic carbocycles. The van der Waals surface area contributed by atoms with E-state index in [0.29, 0.717) is 25.4 Å². The first-order valence-electron chi connectivity index (χ1n) is 8.46. The first-order valence-corrected chi connectivity index (χ1v) is 9.34. The van der Waals surface area contributed by atoms with Crippen LogP contribution < -0.4 is 4.90 Å². The second kappa shape index (κ2) is 7.30. The van der Waals surface area contributed by atoms with E-state index in [2.05, 4.69) is 35.6 Å². The summed E-state index contributed by atoms with van der Waals surface area (Å²) in [5, 5.41) is 3.03. The number of thiazole rings is 1. The summed E-state index contributed by atoms with van der Waals surface area (Å²) in [5.74, 6) is 0.714. The summed E-state index contributed by atoms with van der Waals surface area (Å²) >= 11 is 1.63. The van der Waals surface area contributed by atoms with Crippen LogP contribution in [0.3, 0.4) is 0 Å². The third-order valence-electron chi connectivity index (χ3n) is 4.15. The highest BCUT2D eigenvalue weighted by atomic mass is 32.1. The fourth-order valence-corrected chi connectivity index (χ4v) is 3.85. The number of nitrogens with zero attached hydrogens (tertiary/aromatic N) is 4. The van der Waals surface area contributed by atoms with Gasteiger partial charge in [0.1, 0.15) is 0 Å². The number of pyridine rings is 1. The molecule has 128 valence electrons. The molecule has 1 aliphatic heterocycles. The molecule has 1 amide bonds. The lowest BCUT2D eigenvalue weighted by atomic mass is 10.2.